The number of nitrogens with zero attached hydrogens (tertiary/aromatic N) is 2. The molecule has 1 aliphatic heterocycles. The first kappa shape index (κ1) is 13.1. The van der Waals surface area contributed by atoms with Gasteiger partial charge in [-0.3, -0.25) is 4.79 Å². The lowest BCUT2D eigenvalue weighted by molar-refractivity contribution is 0.0784. The molecule has 0 bridgehead atoms. The van der Waals surface area contributed by atoms with Crippen molar-refractivity contribution in [1.82, 2.24) is 9.88 Å². The second-order valence-corrected chi connectivity index (χ2v) is 6.86. The zero-order chi connectivity index (χ0) is 13.4. The van der Waals surface area contributed by atoms with Crippen LogP contribution in [0.25, 0.3) is 0 Å². The van der Waals surface area contributed by atoms with Gasteiger partial charge in [0.05, 0.1) is 11.2 Å². The van der Waals surface area contributed by atoms with Crippen molar-refractivity contribution < 1.29 is 4.79 Å². The first-order valence-electron chi connectivity index (χ1n) is 7.18. The monoisotopic (exact) mass is 279 g/mol. The molecule has 4 nitrogen and oxygen atoms in total. The van der Waals surface area contributed by atoms with Gasteiger partial charge >= 0.3 is 0 Å². The molecule has 2 fully saturated rings. The first-order chi connectivity index (χ1) is 9.19. The van der Waals surface area contributed by atoms with E-state index < -0.39 is 0 Å². The van der Waals surface area contributed by atoms with Crippen molar-refractivity contribution in [3.8, 4) is 0 Å². The van der Waals surface area contributed by atoms with Crippen molar-refractivity contribution in [2.75, 3.05) is 13.1 Å². The predicted molar refractivity (Wildman–Crippen MR) is 76.2 cm³/mol. The Morgan fingerprint density at radius 2 is 2.37 bits per heavy atom. The van der Waals surface area contributed by atoms with Gasteiger partial charge in [-0.25, -0.2) is 4.98 Å². The van der Waals surface area contributed by atoms with Gasteiger partial charge in [-0.1, -0.05) is 6.92 Å². The molecule has 2 aliphatic rings. The zero-order valence-corrected chi connectivity index (χ0v) is 12.2. The molecule has 2 N–H and O–H groups in total. The van der Waals surface area contributed by atoms with Crippen molar-refractivity contribution in [1.29, 1.82) is 0 Å². The minimum absolute atomic E-state index is 0.154. The Labute approximate surface area is 118 Å². The summed E-state index contributed by atoms with van der Waals surface area (Å²) in [5, 5.41) is 1.07. The zero-order valence-electron chi connectivity index (χ0n) is 11.3. The molecule has 0 spiro atoms. The fourth-order valence-corrected chi connectivity index (χ4v) is 4.36. The maximum atomic E-state index is 12.5. The number of nitrogens with two attached hydrogens (primary N) is 1. The molecule has 19 heavy (non-hydrogen) atoms. The van der Waals surface area contributed by atoms with Gasteiger partial charge in [-0.15, -0.1) is 11.3 Å². The average molecular weight is 279 g/mol. The van der Waals surface area contributed by atoms with Crippen molar-refractivity contribution in [2.24, 2.45) is 17.6 Å². The predicted octanol–water partition coefficient (Wildman–Crippen LogP) is 1.90. The quantitative estimate of drug-likeness (QED) is 0.919. The Morgan fingerprint density at radius 1 is 1.53 bits per heavy atom. The molecule has 0 aromatic carbocycles. The third kappa shape index (κ3) is 2.41. The summed E-state index contributed by atoms with van der Waals surface area (Å²) in [6.45, 7) is 3.86. The third-order valence-electron chi connectivity index (χ3n) is 4.43. The average Bonchev–Trinajstić information content (AvgIpc) is 3.07. The summed E-state index contributed by atoms with van der Waals surface area (Å²) in [4.78, 5) is 19.6. The fourth-order valence-electron chi connectivity index (χ4n) is 3.37. The van der Waals surface area contributed by atoms with Gasteiger partial charge in [-0.05, 0) is 37.5 Å². The Morgan fingerprint density at radius 3 is 3.11 bits per heavy atom. The van der Waals surface area contributed by atoms with Crippen LogP contribution in [0.2, 0.25) is 0 Å². The molecule has 3 atom stereocenters. The van der Waals surface area contributed by atoms with Crippen LogP contribution in [0.5, 0.6) is 0 Å². The van der Waals surface area contributed by atoms with Crippen LogP contribution in [0.3, 0.4) is 0 Å². The number of rotatable bonds is 3. The number of carbonyl (C=O) groups excluding carboxylic acids is 1. The van der Waals surface area contributed by atoms with Gasteiger partial charge in [0.2, 0.25) is 0 Å². The van der Waals surface area contributed by atoms with E-state index in [0.29, 0.717) is 17.9 Å². The van der Waals surface area contributed by atoms with Crippen LogP contribution in [0.15, 0.2) is 6.20 Å². The number of fused-ring (bicyclic) bond motifs is 1. The highest BCUT2D eigenvalue weighted by molar-refractivity contribution is 7.13. The summed E-state index contributed by atoms with van der Waals surface area (Å²) in [5.41, 5.74) is 6.12. The normalized spacial score (nSPS) is 29.8. The van der Waals surface area contributed by atoms with Crippen LogP contribution in [0, 0.1) is 11.8 Å². The van der Waals surface area contributed by atoms with Crippen LogP contribution in [0.1, 0.15) is 40.9 Å². The Bertz CT molecular complexity index is 473. The Balaban J connectivity index is 1.67. The highest BCUT2D eigenvalue weighted by Crippen LogP contribution is 2.37. The molecule has 1 aromatic rings. The minimum Gasteiger partial charge on any atom is -0.337 e. The van der Waals surface area contributed by atoms with Crippen LogP contribution < -0.4 is 5.73 Å². The number of aromatic nitrogens is 1. The van der Waals surface area contributed by atoms with Crippen molar-refractivity contribution in [2.45, 2.75) is 38.6 Å². The number of hydrogen-bond donors (Lipinski definition) is 1. The Kier molecular flexibility index (Phi) is 3.58. The number of amides is 1. The molecular formula is C14H21N3OS. The SMILES string of the molecule is CCCc1ncc(C(=O)N2CC3CCC(N)C3C2)s1. The van der Waals surface area contributed by atoms with E-state index >= 15 is 0 Å². The van der Waals surface area contributed by atoms with Gasteiger partial charge in [0.15, 0.2) is 0 Å². The van der Waals surface area contributed by atoms with E-state index in [1.165, 1.54) is 6.42 Å². The van der Waals surface area contributed by atoms with E-state index in [2.05, 4.69) is 11.9 Å². The maximum Gasteiger partial charge on any atom is 0.265 e. The molecule has 3 unspecified atom stereocenters. The number of carbonyl (C=O) groups is 1. The molecule has 1 saturated heterocycles. The molecule has 2 heterocycles. The minimum atomic E-state index is 0.154. The van der Waals surface area contributed by atoms with Crippen molar-refractivity contribution in [3.63, 3.8) is 0 Å². The Hall–Kier alpha value is -0.940. The molecule has 3 rings (SSSR count). The summed E-state index contributed by atoms with van der Waals surface area (Å²) in [6.07, 6.45) is 6.09. The lowest BCUT2D eigenvalue weighted by Gasteiger charge is -2.17. The highest BCUT2D eigenvalue weighted by Gasteiger charge is 2.42. The van der Waals surface area contributed by atoms with Crippen LogP contribution >= 0.6 is 11.3 Å². The van der Waals surface area contributed by atoms with Gasteiger partial charge < -0.3 is 10.6 Å². The van der Waals surface area contributed by atoms with Crippen LogP contribution in [0.4, 0.5) is 0 Å². The van der Waals surface area contributed by atoms with E-state index in [9.17, 15) is 4.79 Å². The maximum absolute atomic E-state index is 12.5. The lowest BCUT2D eigenvalue weighted by atomic mass is 9.98. The van der Waals surface area contributed by atoms with E-state index in [0.717, 1.165) is 42.2 Å². The molecule has 1 aliphatic carbocycles. The lowest BCUT2D eigenvalue weighted by Crippen LogP contribution is -2.33. The number of likely N-dealkylation sites (tertiary alicyclic amines) is 1. The molecule has 1 aromatic heterocycles. The second kappa shape index (κ2) is 5.21. The summed E-state index contributed by atoms with van der Waals surface area (Å²) in [7, 11) is 0. The van der Waals surface area contributed by atoms with Crippen molar-refractivity contribution in [3.05, 3.63) is 16.1 Å². The topological polar surface area (TPSA) is 59.2 Å². The van der Waals surface area contributed by atoms with Gasteiger partial charge in [0.1, 0.15) is 4.88 Å². The highest BCUT2D eigenvalue weighted by atomic mass is 32.1. The summed E-state index contributed by atoms with van der Waals surface area (Å²) < 4.78 is 0. The van der Waals surface area contributed by atoms with E-state index in [1.807, 2.05) is 4.90 Å². The number of aryl methyl sites for hydroxylation is 1. The fraction of sp³-hybridized carbons (Fsp3) is 0.714. The third-order valence-corrected chi connectivity index (χ3v) is 5.47. The second-order valence-electron chi connectivity index (χ2n) is 5.74. The van der Waals surface area contributed by atoms with Gasteiger partial charge in [0, 0.05) is 19.1 Å². The smallest absolute Gasteiger partial charge is 0.265 e. The standard InChI is InChI=1S/C14H21N3OS/c1-2-3-13-16-6-12(19-13)14(18)17-7-9-4-5-11(15)10(9)8-17/h6,9-11H,2-5,7-8,15H2,1H3. The van der Waals surface area contributed by atoms with Gasteiger partial charge in [-0.2, -0.15) is 0 Å². The largest absolute Gasteiger partial charge is 0.337 e. The van der Waals surface area contributed by atoms with Crippen LogP contribution in [-0.4, -0.2) is 34.9 Å². The molecule has 1 saturated carbocycles. The van der Waals surface area contributed by atoms with Gasteiger partial charge in [0.25, 0.3) is 5.91 Å². The molecular weight excluding hydrogens is 258 g/mol. The number of thiazole rings is 1. The molecule has 104 valence electrons. The number of hydrogen-bond acceptors (Lipinski definition) is 4. The molecule has 5 heteroatoms. The summed E-state index contributed by atoms with van der Waals surface area (Å²) in [6, 6.07) is 0.292. The van der Waals surface area contributed by atoms with E-state index in [4.69, 9.17) is 5.73 Å². The van der Waals surface area contributed by atoms with Crippen LogP contribution in [-0.2, 0) is 6.42 Å². The molecule has 0 radical (unpaired) electrons. The van der Waals surface area contributed by atoms with E-state index in [1.54, 1.807) is 17.5 Å². The summed E-state index contributed by atoms with van der Waals surface area (Å²) in [5.74, 6) is 1.30. The van der Waals surface area contributed by atoms with Crippen molar-refractivity contribution >= 4 is 17.2 Å². The molecule has 1 amide bonds. The summed E-state index contributed by atoms with van der Waals surface area (Å²) >= 11 is 1.55. The van der Waals surface area contributed by atoms with E-state index in [-0.39, 0.29) is 5.91 Å². The first-order valence-corrected chi connectivity index (χ1v) is 8.00.